The van der Waals surface area contributed by atoms with Crippen molar-refractivity contribution in [2.24, 2.45) is 5.73 Å². The van der Waals surface area contributed by atoms with Gasteiger partial charge in [0.25, 0.3) is 0 Å². The van der Waals surface area contributed by atoms with Crippen molar-refractivity contribution < 1.29 is 9.18 Å². The van der Waals surface area contributed by atoms with E-state index < -0.39 is 11.7 Å². The van der Waals surface area contributed by atoms with E-state index in [4.69, 9.17) is 11.6 Å². The fourth-order valence-corrected chi connectivity index (χ4v) is 1.93. The summed E-state index contributed by atoms with van der Waals surface area (Å²) in [5.74, 6) is 5.04. The van der Waals surface area contributed by atoms with E-state index in [1.54, 1.807) is 18.2 Å². The second kappa shape index (κ2) is 5.05. The standard InChI is InChI=1S/C10H10FN5OS/c11-7-4-2-1-3-6(7)9-14-15-10(16(9)13)18-5-8(12)17/h1-4H,5,13H2,(H2,12,17). The van der Waals surface area contributed by atoms with Crippen molar-refractivity contribution in [2.75, 3.05) is 11.6 Å². The normalized spacial score (nSPS) is 10.5. The van der Waals surface area contributed by atoms with Crippen molar-refractivity contribution in [1.82, 2.24) is 14.9 Å². The molecule has 1 heterocycles. The van der Waals surface area contributed by atoms with Crippen LogP contribution in [-0.2, 0) is 4.79 Å². The van der Waals surface area contributed by atoms with Crippen LogP contribution in [-0.4, -0.2) is 26.5 Å². The molecule has 0 spiro atoms. The van der Waals surface area contributed by atoms with Gasteiger partial charge >= 0.3 is 0 Å². The summed E-state index contributed by atoms with van der Waals surface area (Å²) in [5.41, 5.74) is 5.26. The van der Waals surface area contributed by atoms with Crippen LogP contribution in [0.15, 0.2) is 29.4 Å². The summed E-state index contributed by atoms with van der Waals surface area (Å²) < 4.78 is 14.7. The molecular weight excluding hydrogens is 257 g/mol. The molecule has 2 rings (SSSR count). The van der Waals surface area contributed by atoms with Crippen molar-refractivity contribution in [2.45, 2.75) is 5.16 Å². The number of nitrogen functional groups attached to an aromatic ring is 1. The predicted molar refractivity (Wildman–Crippen MR) is 65.5 cm³/mol. The van der Waals surface area contributed by atoms with Crippen LogP contribution in [0.4, 0.5) is 4.39 Å². The molecule has 0 unspecified atom stereocenters. The molecule has 0 atom stereocenters. The third-order valence-electron chi connectivity index (χ3n) is 2.12. The summed E-state index contributed by atoms with van der Waals surface area (Å²) in [5, 5.41) is 7.88. The number of amides is 1. The van der Waals surface area contributed by atoms with Crippen LogP contribution in [0.5, 0.6) is 0 Å². The highest BCUT2D eigenvalue weighted by Crippen LogP contribution is 2.23. The molecule has 0 saturated carbocycles. The highest BCUT2D eigenvalue weighted by molar-refractivity contribution is 7.99. The van der Waals surface area contributed by atoms with Gasteiger partial charge in [0, 0.05) is 0 Å². The largest absolute Gasteiger partial charge is 0.369 e. The molecule has 0 fully saturated rings. The van der Waals surface area contributed by atoms with Crippen LogP contribution < -0.4 is 11.6 Å². The predicted octanol–water partition coefficient (Wildman–Crippen LogP) is 0.375. The third kappa shape index (κ3) is 2.43. The summed E-state index contributed by atoms with van der Waals surface area (Å²) in [6.07, 6.45) is 0. The average Bonchev–Trinajstić information content (AvgIpc) is 2.69. The van der Waals surface area contributed by atoms with Gasteiger partial charge in [-0.2, -0.15) is 0 Å². The van der Waals surface area contributed by atoms with E-state index >= 15 is 0 Å². The molecule has 0 aliphatic heterocycles. The fraction of sp³-hybridized carbons (Fsp3) is 0.100. The van der Waals surface area contributed by atoms with Gasteiger partial charge in [-0.3, -0.25) is 4.79 Å². The lowest BCUT2D eigenvalue weighted by Crippen LogP contribution is -2.16. The Hall–Kier alpha value is -2.09. The van der Waals surface area contributed by atoms with Gasteiger partial charge in [-0.1, -0.05) is 23.9 Å². The number of nitrogens with two attached hydrogens (primary N) is 2. The van der Waals surface area contributed by atoms with E-state index in [0.717, 1.165) is 16.4 Å². The number of thioether (sulfide) groups is 1. The molecule has 4 N–H and O–H groups in total. The SMILES string of the molecule is NC(=O)CSc1nnc(-c2ccccc2F)n1N. The number of primary amides is 1. The van der Waals surface area contributed by atoms with Gasteiger partial charge in [-0.25, -0.2) is 9.07 Å². The number of aromatic nitrogens is 3. The van der Waals surface area contributed by atoms with Gasteiger partial charge in [-0.15, -0.1) is 10.2 Å². The maximum atomic E-state index is 13.6. The molecule has 8 heteroatoms. The molecule has 0 radical (unpaired) electrons. The van der Waals surface area contributed by atoms with Gasteiger partial charge in [0.15, 0.2) is 5.82 Å². The van der Waals surface area contributed by atoms with Gasteiger partial charge in [0.1, 0.15) is 5.82 Å². The average molecular weight is 267 g/mol. The Labute approximate surface area is 106 Å². The topological polar surface area (TPSA) is 99.8 Å². The zero-order valence-corrected chi connectivity index (χ0v) is 10.0. The lowest BCUT2D eigenvalue weighted by molar-refractivity contribution is -0.115. The van der Waals surface area contributed by atoms with E-state index in [9.17, 15) is 9.18 Å². The van der Waals surface area contributed by atoms with E-state index in [-0.39, 0.29) is 17.1 Å². The second-order valence-corrected chi connectivity index (χ2v) is 4.35. The maximum absolute atomic E-state index is 13.6. The highest BCUT2D eigenvalue weighted by Gasteiger charge is 2.15. The van der Waals surface area contributed by atoms with Crippen molar-refractivity contribution in [3.63, 3.8) is 0 Å². The van der Waals surface area contributed by atoms with E-state index in [1.807, 2.05) is 0 Å². The first kappa shape index (κ1) is 12.4. The summed E-state index contributed by atoms with van der Waals surface area (Å²) in [6, 6.07) is 6.09. The van der Waals surface area contributed by atoms with Crippen LogP contribution >= 0.6 is 11.8 Å². The highest BCUT2D eigenvalue weighted by atomic mass is 32.2. The minimum atomic E-state index is -0.490. The number of rotatable bonds is 4. The minimum Gasteiger partial charge on any atom is -0.369 e. The van der Waals surface area contributed by atoms with Crippen LogP contribution in [0.1, 0.15) is 0 Å². The van der Waals surface area contributed by atoms with E-state index in [0.29, 0.717) is 5.16 Å². The molecular formula is C10H10FN5OS. The summed E-state index contributed by atoms with van der Waals surface area (Å²) in [7, 11) is 0. The minimum absolute atomic E-state index is 0.0343. The Balaban J connectivity index is 2.31. The maximum Gasteiger partial charge on any atom is 0.227 e. The summed E-state index contributed by atoms with van der Waals surface area (Å²) in [4.78, 5) is 10.7. The molecule has 0 saturated heterocycles. The number of carbonyl (C=O) groups is 1. The van der Waals surface area contributed by atoms with Gasteiger partial charge < -0.3 is 11.6 Å². The number of hydrogen-bond donors (Lipinski definition) is 2. The van der Waals surface area contributed by atoms with Crippen LogP contribution in [0.3, 0.4) is 0 Å². The monoisotopic (exact) mass is 267 g/mol. The molecule has 1 aromatic heterocycles. The summed E-state index contributed by atoms with van der Waals surface area (Å²) in [6.45, 7) is 0. The Morgan fingerprint density at radius 1 is 1.39 bits per heavy atom. The first-order valence-corrected chi connectivity index (χ1v) is 5.94. The second-order valence-electron chi connectivity index (χ2n) is 3.41. The molecule has 0 aliphatic rings. The van der Waals surface area contributed by atoms with Crippen molar-refractivity contribution in [3.8, 4) is 11.4 Å². The lowest BCUT2D eigenvalue weighted by Gasteiger charge is -2.03. The molecule has 2 aromatic rings. The smallest absolute Gasteiger partial charge is 0.227 e. The van der Waals surface area contributed by atoms with Crippen LogP contribution in [0.2, 0.25) is 0 Å². The first-order chi connectivity index (χ1) is 8.59. The molecule has 6 nitrogen and oxygen atoms in total. The van der Waals surface area contributed by atoms with Gasteiger partial charge in [0.05, 0.1) is 11.3 Å². The first-order valence-electron chi connectivity index (χ1n) is 4.96. The Kier molecular flexibility index (Phi) is 3.47. The van der Waals surface area contributed by atoms with Gasteiger partial charge in [-0.05, 0) is 12.1 Å². The quantitative estimate of drug-likeness (QED) is 0.616. The fourth-order valence-electron chi connectivity index (χ4n) is 1.34. The van der Waals surface area contributed by atoms with Gasteiger partial charge in [0.2, 0.25) is 11.1 Å². The third-order valence-corrected chi connectivity index (χ3v) is 3.09. The lowest BCUT2D eigenvalue weighted by atomic mass is 10.2. The Bertz CT molecular complexity index is 585. The molecule has 1 amide bonds. The molecule has 94 valence electrons. The van der Waals surface area contributed by atoms with E-state index in [1.165, 1.54) is 6.07 Å². The number of hydrogen-bond acceptors (Lipinski definition) is 5. The molecule has 0 bridgehead atoms. The van der Waals surface area contributed by atoms with E-state index in [2.05, 4.69) is 10.2 Å². The number of halogens is 1. The zero-order chi connectivity index (χ0) is 13.1. The number of carbonyl (C=O) groups excluding carboxylic acids is 1. The molecule has 1 aromatic carbocycles. The van der Waals surface area contributed by atoms with Crippen molar-refractivity contribution in [3.05, 3.63) is 30.1 Å². The summed E-state index contributed by atoms with van der Waals surface area (Å²) >= 11 is 1.04. The Morgan fingerprint density at radius 3 is 2.78 bits per heavy atom. The number of nitrogens with zero attached hydrogens (tertiary/aromatic N) is 3. The molecule has 18 heavy (non-hydrogen) atoms. The molecule has 0 aliphatic carbocycles. The van der Waals surface area contributed by atoms with Crippen LogP contribution in [0, 0.1) is 5.82 Å². The number of benzene rings is 1. The van der Waals surface area contributed by atoms with Crippen LogP contribution in [0.25, 0.3) is 11.4 Å². The zero-order valence-electron chi connectivity index (χ0n) is 9.21. The van der Waals surface area contributed by atoms with Crippen molar-refractivity contribution in [1.29, 1.82) is 0 Å². The Morgan fingerprint density at radius 2 is 2.11 bits per heavy atom. The van der Waals surface area contributed by atoms with Crippen molar-refractivity contribution >= 4 is 17.7 Å².